The second kappa shape index (κ2) is 5.48. The van der Waals surface area contributed by atoms with Gasteiger partial charge in [-0.3, -0.25) is 10.2 Å². The van der Waals surface area contributed by atoms with Gasteiger partial charge in [0.25, 0.3) is 0 Å². The lowest BCUT2D eigenvalue weighted by Crippen LogP contribution is -2.20. The van der Waals surface area contributed by atoms with Gasteiger partial charge in [-0.2, -0.15) is 0 Å². The van der Waals surface area contributed by atoms with Crippen LogP contribution in [0, 0.1) is 18.3 Å². The number of carbonyl (C=O) groups excluding carboxylic acids is 1. The minimum Gasteiger partial charge on any atom is -0.477 e. The Balaban J connectivity index is 3.01. The number of carbonyl (C=O) groups is 1. The van der Waals surface area contributed by atoms with E-state index in [9.17, 15) is 4.79 Å². The summed E-state index contributed by atoms with van der Waals surface area (Å²) in [5, 5.41) is 7.82. The predicted molar refractivity (Wildman–Crippen MR) is 67.3 cm³/mol. The van der Waals surface area contributed by atoms with Crippen LogP contribution in [0.2, 0.25) is 0 Å². The van der Waals surface area contributed by atoms with Crippen LogP contribution < -0.4 is 5.73 Å². The molecule has 1 rings (SSSR count). The molecule has 0 saturated heterocycles. The Bertz CT molecular complexity index is 439. The number of benzene rings is 1. The molecule has 0 aliphatic heterocycles. The van der Waals surface area contributed by atoms with Gasteiger partial charge in [0, 0.05) is 5.56 Å². The fourth-order valence-electron chi connectivity index (χ4n) is 1.51. The molecule has 3 N–H and O–H groups in total. The summed E-state index contributed by atoms with van der Waals surface area (Å²) in [6.45, 7) is 6.24. The third-order valence-electron chi connectivity index (χ3n) is 2.32. The summed E-state index contributed by atoms with van der Waals surface area (Å²) in [6.07, 6.45) is 0. The highest BCUT2D eigenvalue weighted by atomic mass is 16.5. The molecule has 0 heterocycles. The molecular weight excluding hydrogens is 216 g/mol. The van der Waals surface area contributed by atoms with E-state index >= 15 is 0 Å². The molecule has 1 aromatic carbocycles. The van der Waals surface area contributed by atoms with Crippen molar-refractivity contribution in [2.24, 2.45) is 11.7 Å². The van der Waals surface area contributed by atoms with Crippen molar-refractivity contribution in [2.45, 2.75) is 20.8 Å². The van der Waals surface area contributed by atoms with E-state index in [1.165, 1.54) is 0 Å². The van der Waals surface area contributed by atoms with Crippen LogP contribution in [0.3, 0.4) is 0 Å². The molecule has 4 nitrogen and oxygen atoms in total. The lowest BCUT2D eigenvalue weighted by molar-refractivity contribution is 0.0999. The first-order chi connectivity index (χ1) is 7.93. The fraction of sp³-hybridized carbons (Fsp3) is 0.385. The van der Waals surface area contributed by atoms with Gasteiger partial charge >= 0.3 is 0 Å². The maximum absolute atomic E-state index is 11.4. The van der Waals surface area contributed by atoms with Gasteiger partial charge in [0.15, 0.2) is 0 Å². The topological polar surface area (TPSA) is 76.2 Å². The first kappa shape index (κ1) is 13.2. The minimum absolute atomic E-state index is 0.00352. The summed E-state index contributed by atoms with van der Waals surface area (Å²) in [6, 6.07) is 5.25. The molecule has 92 valence electrons. The quantitative estimate of drug-likeness (QED) is 0.618. The molecule has 0 radical (unpaired) electrons. The third-order valence-corrected chi connectivity index (χ3v) is 2.32. The number of rotatable bonds is 4. The van der Waals surface area contributed by atoms with Crippen molar-refractivity contribution in [3.8, 4) is 0 Å². The Morgan fingerprint density at radius 1 is 1.47 bits per heavy atom. The summed E-state index contributed by atoms with van der Waals surface area (Å²) >= 11 is 0. The molecule has 0 aromatic heterocycles. The van der Waals surface area contributed by atoms with Crippen molar-refractivity contribution in [3.63, 3.8) is 0 Å². The van der Waals surface area contributed by atoms with Crippen molar-refractivity contribution in [1.82, 2.24) is 0 Å². The highest BCUT2D eigenvalue weighted by Crippen LogP contribution is 2.15. The molecule has 0 unspecified atom stereocenters. The second-order valence-corrected chi connectivity index (χ2v) is 4.40. The van der Waals surface area contributed by atoms with Crippen LogP contribution in [0.25, 0.3) is 0 Å². The molecule has 0 bridgehead atoms. The molecule has 1 amide bonds. The van der Waals surface area contributed by atoms with Crippen LogP contribution in [0.15, 0.2) is 18.2 Å². The third kappa shape index (κ3) is 3.31. The SMILES string of the molecule is Cc1cccc(C(=N)OCC(C)C)c1C(N)=O. The number of aryl methyl sites for hydroxylation is 1. The molecule has 0 spiro atoms. The summed E-state index contributed by atoms with van der Waals surface area (Å²) in [4.78, 5) is 11.4. The Labute approximate surface area is 101 Å². The number of primary amides is 1. The number of hydrogen-bond donors (Lipinski definition) is 2. The van der Waals surface area contributed by atoms with Gasteiger partial charge in [-0.1, -0.05) is 26.0 Å². The zero-order valence-electron chi connectivity index (χ0n) is 10.4. The number of hydrogen-bond acceptors (Lipinski definition) is 3. The van der Waals surface area contributed by atoms with Gasteiger partial charge in [-0.15, -0.1) is 0 Å². The Morgan fingerprint density at radius 3 is 2.65 bits per heavy atom. The van der Waals surface area contributed by atoms with Crippen LogP contribution >= 0.6 is 0 Å². The van der Waals surface area contributed by atoms with Crippen molar-refractivity contribution < 1.29 is 9.53 Å². The molecule has 0 aliphatic rings. The smallest absolute Gasteiger partial charge is 0.249 e. The van der Waals surface area contributed by atoms with E-state index in [-0.39, 0.29) is 5.90 Å². The van der Waals surface area contributed by atoms with Crippen LogP contribution in [0.4, 0.5) is 0 Å². The summed E-state index contributed by atoms with van der Waals surface area (Å²) in [5.41, 5.74) is 6.89. The number of nitrogens with one attached hydrogen (secondary N) is 1. The number of ether oxygens (including phenoxy) is 1. The van der Waals surface area contributed by atoms with Crippen LogP contribution in [0.5, 0.6) is 0 Å². The monoisotopic (exact) mass is 234 g/mol. The van der Waals surface area contributed by atoms with Crippen LogP contribution in [-0.4, -0.2) is 18.4 Å². The van der Waals surface area contributed by atoms with E-state index < -0.39 is 5.91 Å². The van der Waals surface area contributed by atoms with Gasteiger partial charge in [0.05, 0.1) is 12.2 Å². The van der Waals surface area contributed by atoms with Crippen molar-refractivity contribution in [3.05, 3.63) is 34.9 Å². The maximum atomic E-state index is 11.4. The second-order valence-electron chi connectivity index (χ2n) is 4.40. The Kier molecular flexibility index (Phi) is 4.26. The standard InChI is InChI=1S/C13H18N2O2/c1-8(2)7-17-13(15)10-6-4-5-9(3)11(10)12(14)16/h4-6,8,15H,7H2,1-3H3,(H2,14,16). The van der Waals surface area contributed by atoms with Gasteiger partial charge in [-0.05, 0) is 24.5 Å². The normalized spacial score (nSPS) is 10.4. The predicted octanol–water partition coefficient (Wildman–Crippen LogP) is 2.09. The molecule has 0 aliphatic carbocycles. The minimum atomic E-state index is -0.531. The molecular formula is C13H18N2O2. The van der Waals surface area contributed by atoms with E-state index in [4.69, 9.17) is 15.9 Å². The molecule has 4 heteroatoms. The first-order valence-corrected chi connectivity index (χ1v) is 5.54. The van der Waals surface area contributed by atoms with Gasteiger partial charge < -0.3 is 10.5 Å². The summed E-state index contributed by atoms with van der Waals surface area (Å²) < 4.78 is 5.31. The van der Waals surface area contributed by atoms with E-state index in [0.29, 0.717) is 23.7 Å². The van der Waals surface area contributed by atoms with E-state index in [1.54, 1.807) is 25.1 Å². The van der Waals surface area contributed by atoms with Crippen LogP contribution in [-0.2, 0) is 4.74 Å². The van der Waals surface area contributed by atoms with Crippen molar-refractivity contribution >= 4 is 11.8 Å². The lowest BCUT2D eigenvalue weighted by Gasteiger charge is -2.13. The van der Waals surface area contributed by atoms with E-state index in [1.807, 2.05) is 13.8 Å². The molecule has 17 heavy (non-hydrogen) atoms. The van der Waals surface area contributed by atoms with E-state index in [0.717, 1.165) is 5.56 Å². The highest BCUT2D eigenvalue weighted by molar-refractivity contribution is 6.06. The zero-order valence-corrected chi connectivity index (χ0v) is 10.4. The maximum Gasteiger partial charge on any atom is 0.249 e. The summed E-state index contributed by atoms with van der Waals surface area (Å²) in [5.74, 6) is -0.204. The van der Waals surface area contributed by atoms with Crippen LogP contribution in [0.1, 0.15) is 35.3 Å². The van der Waals surface area contributed by atoms with Gasteiger partial charge in [-0.25, -0.2) is 0 Å². The molecule has 1 aromatic rings. The highest BCUT2D eigenvalue weighted by Gasteiger charge is 2.15. The van der Waals surface area contributed by atoms with Crippen molar-refractivity contribution in [1.29, 1.82) is 5.41 Å². The lowest BCUT2D eigenvalue weighted by atomic mass is 10.0. The zero-order chi connectivity index (χ0) is 13.0. The number of nitrogens with two attached hydrogens (primary N) is 1. The molecule has 0 fully saturated rings. The molecule has 0 atom stereocenters. The van der Waals surface area contributed by atoms with Crippen molar-refractivity contribution in [2.75, 3.05) is 6.61 Å². The summed E-state index contributed by atoms with van der Waals surface area (Å²) in [7, 11) is 0. The number of amides is 1. The fourth-order valence-corrected chi connectivity index (χ4v) is 1.51. The first-order valence-electron chi connectivity index (χ1n) is 5.54. The Hall–Kier alpha value is -1.84. The Morgan fingerprint density at radius 2 is 2.12 bits per heavy atom. The largest absolute Gasteiger partial charge is 0.477 e. The van der Waals surface area contributed by atoms with Gasteiger partial charge in [0.1, 0.15) is 0 Å². The average molecular weight is 234 g/mol. The van der Waals surface area contributed by atoms with E-state index in [2.05, 4.69) is 0 Å². The van der Waals surface area contributed by atoms with Gasteiger partial charge in [0.2, 0.25) is 11.8 Å². The molecule has 0 saturated carbocycles. The average Bonchev–Trinajstić information content (AvgIpc) is 2.24.